The van der Waals surface area contributed by atoms with E-state index in [0.717, 1.165) is 57.8 Å². The molecule has 0 amide bonds. The van der Waals surface area contributed by atoms with Gasteiger partial charge in [0.2, 0.25) is 0 Å². The van der Waals surface area contributed by atoms with Crippen LogP contribution in [0.5, 0.6) is 0 Å². The Bertz CT molecular complexity index is 552. The van der Waals surface area contributed by atoms with Gasteiger partial charge in [0.1, 0.15) is 18.3 Å². The third-order valence-corrected chi connectivity index (χ3v) is 5.34. The Morgan fingerprint density at radius 2 is 1.00 bits per heavy atom. The van der Waals surface area contributed by atoms with Crippen LogP contribution in [0.2, 0.25) is 0 Å². The van der Waals surface area contributed by atoms with Crippen LogP contribution < -0.4 is 0 Å². The molecule has 0 bridgehead atoms. The second kappa shape index (κ2) is 18.3. The monoisotopic (exact) mass is 474 g/mol. The van der Waals surface area contributed by atoms with Crippen molar-refractivity contribution in [1.82, 2.24) is 0 Å². The average molecular weight is 475 g/mol. The smallest absolute Gasteiger partial charge is 0.434 e. The van der Waals surface area contributed by atoms with E-state index in [1.165, 1.54) is 0 Å². The van der Waals surface area contributed by atoms with E-state index in [1.807, 2.05) is 0 Å². The van der Waals surface area contributed by atoms with Crippen molar-refractivity contribution < 1.29 is 42.8 Å². The molecule has 1 aliphatic rings. The lowest BCUT2D eigenvalue weighted by atomic mass is 9.92. The summed E-state index contributed by atoms with van der Waals surface area (Å²) in [5.74, 6) is 0. The molecule has 0 aromatic rings. The molecule has 9 nitrogen and oxygen atoms in total. The first kappa shape index (κ1) is 28.8. The molecule has 0 aromatic heterocycles. The van der Waals surface area contributed by atoms with E-state index in [-0.39, 0.29) is 19.6 Å². The normalized spacial score (nSPS) is 19.9. The number of carbonyl (C=O) groups is 3. The molecule has 0 N–H and O–H groups in total. The molecule has 0 radical (unpaired) electrons. The Hall–Kier alpha value is -2.19. The van der Waals surface area contributed by atoms with Crippen molar-refractivity contribution in [2.24, 2.45) is 0 Å². The van der Waals surface area contributed by atoms with Crippen molar-refractivity contribution in [3.8, 4) is 0 Å². The van der Waals surface area contributed by atoms with Crippen molar-refractivity contribution in [3.63, 3.8) is 0 Å². The molecular formula is C24H42O9. The first-order valence-corrected chi connectivity index (χ1v) is 12.5. The van der Waals surface area contributed by atoms with E-state index in [0.29, 0.717) is 19.4 Å². The molecule has 192 valence electrons. The van der Waals surface area contributed by atoms with Gasteiger partial charge in [-0.05, 0) is 32.1 Å². The quantitative estimate of drug-likeness (QED) is 0.153. The Kier molecular flexibility index (Phi) is 16.0. The Labute approximate surface area is 197 Å². The minimum atomic E-state index is -0.830. The third-order valence-electron chi connectivity index (χ3n) is 5.34. The maximum absolute atomic E-state index is 12.1. The van der Waals surface area contributed by atoms with Crippen LogP contribution in [0.15, 0.2) is 0 Å². The summed E-state index contributed by atoms with van der Waals surface area (Å²) in [6, 6.07) is 0. The van der Waals surface area contributed by atoms with Crippen LogP contribution in [0.1, 0.15) is 97.8 Å². The second-order valence-electron chi connectivity index (χ2n) is 8.28. The maximum atomic E-state index is 12.1. The number of ether oxygens (including phenoxy) is 6. The van der Waals surface area contributed by atoms with E-state index in [9.17, 15) is 14.4 Å². The van der Waals surface area contributed by atoms with E-state index < -0.39 is 36.8 Å². The largest absolute Gasteiger partial charge is 0.508 e. The summed E-state index contributed by atoms with van der Waals surface area (Å²) < 4.78 is 31.5. The molecule has 1 saturated carbocycles. The molecular weight excluding hydrogens is 432 g/mol. The highest BCUT2D eigenvalue weighted by Gasteiger charge is 2.38. The third kappa shape index (κ3) is 13.8. The summed E-state index contributed by atoms with van der Waals surface area (Å²) >= 11 is 0. The Balaban J connectivity index is 2.57. The Morgan fingerprint density at radius 1 is 0.576 bits per heavy atom. The highest BCUT2D eigenvalue weighted by atomic mass is 16.8. The first-order valence-electron chi connectivity index (χ1n) is 12.5. The van der Waals surface area contributed by atoms with Gasteiger partial charge in [0, 0.05) is 6.42 Å². The molecule has 3 unspecified atom stereocenters. The summed E-state index contributed by atoms with van der Waals surface area (Å²) in [7, 11) is 0. The van der Waals surface area contributed by atoms with Crippen LogP contribution in [0.3, 0.4) is 0 Å². The fourth-order valence-corrected chi connectivity index (χ4v) is 3.44. The van der Waals surface area contributed by atoms with Crippen molar-refractivity contribution >= 4 is 18.5 Å². The predicted molar refractivity (Wildman–Crippen MR) is 121 cm³/mol. The van der Waals surface area contributed by atoms with Crippen LogP contribution in [0.25, 0.3) is 0 Å². The van der Waals surface area contributed by atoms with Gasteiger partial charge in [0.15, 0.2) is 0 Å². The predicted octanol–water partition coefficient (Wildman–Crippen LogP) is 6.31. The summed E-state index contributed by atoms with van der Waals surface area (Å²) in [5.41, 5.74) is 0. The molecule has 1 aliphatic carbocycles. The fraction of sp³-hybridized carbons (Fsp3) is 0.875. The van der Waals surface area contributed by atoms with E-state index in [2.05, 4.69) is 20.8 Å². The maximum Gasteiger partial charge on any atom is 0.508 e. The fourth-order valence-electron chi connectivity index (χ4n) is 3.44. The highest BCUT2D eigenvalue weighted by molar-refractivity contribution is 5.62. The molecule has 0 spiro atoms. The van der Waals surface area contributed by atoms with Gasteiger partial charge in [-0.15, -0.1) is 0 Å². The molecule has 1 fully saturated rings. The summed E-state index contributed by atoms with van der Waals surface area (Å²) in [4.78, 5) is 36.1. The zero-order chi connectivity index (χ0) is 24.3. The van der Waals surface area contributed by atoms with Gasteiger partial charge in [-0.25, -0.2) is 14.4 Å². The van der Waals surface area contributed by atoms with Crippen molar-refractivity contribution in [2.75, 3.05) is 19.8 Å². The number of carbonyl (C=O) groups excluding carboxylic acids is 3. The summed E-state index contributed by atoms with van der Waals surface area (Å²) in [5, 5.41) is 0. The van der Waals surface area contributed by atoms with Crippen LogP contribution in [0, 0.1) is 0 Å². The van der Waals surface area contributed by atoms with Crippen LogP contribution in [-0.2, 0) is 28.4 Å². The lowest BCUT2D eigenvalue weighted by Crippen LogP contribution is -2.43. The Morgan fingerprint density at radius 3 is 1.45 bits per heavy atom. The van der Waals surface area contributed by atoms with Crippen LogP contribution in [-0.4, -0.2) is 56.6 Å². The zero-order valence-corrected chi connectivity index (χ0v) is 20.5. The summed E-state index contributed by atoms with van der Waals surface area (Å²) in [6.45, 7) is 7.02. The van der Waals surface area contributed by atoms with Gasteiger partial charge in [-0.2, -0.15) is 0 Å². The number of hydrogen-bond acceptors (Lipinski definition) is 9. The lowest BCUT2D eigenvalue weighted by molar-refractivity contribution is -0.0983. The van der Waals surface area contributed by atoms with E-state index in [4.69, 9.17) is 28.4 Å². The average Bonchev–Trinajstić information content (AvgIpc) is 2.79. The van der Waals surface area contributed by atoms with Gasteiger partial charge in [-0.1, -0.05) is 59.3 Å². The second-order valence-corrected chi connectivity index (χ2v) is 8.28. The molecule has 9 heteroatoms. The van der Waals surface area contributed by atoms with Crippen molar-refractivity contribution in [2.45, 2.75) is 116 Å². The topological polar surface area (TPSA) is 107 Å². The highest BCUT2D eigenvalue weighted by Crippen LogP contribution is 2.28. The zero-order valence-electron chi connectivity index (χ0n) is 20.5. The van der Waals surface area contributed by atoms with Crippen LogP contribution >= 0.6 is 0 Å². The van der Waals surface area contributed by atoms with Gasteiger partial charge in [-0.3, -0.25) is 0 Å². The van der Waals surface area contributed by atoms with Crippen molar-refractivity contribution in [1.29, 1.82) is 0 Å². The molecule has 0 saturated heterocycles. The molecule has 0 aromatic carbocycles. The van der Waals surface area contributed by atoms with Gasteiger partial charge in [0.25, 0.3) is 0 Å². The number of hydrogen-bond donors (Lipinski definition) is 0. The minimum Gasteiger partial charge on any atom is -0.434 e. The van der Waals surface area contributed by atoms with E-state index in [1.54, 1.807) is 0 Å². The van der Waals surface area contributed by atoms with Crippen molar-refractivity contribution in [3.05, 3.63) is 0 Å². The summed E-state index contributed by atoms with van der Waals surface area (Å²) in [6.07, 6.45) is 4.80. The molecule has 1 rings (SSSR count). The van der Waals surface area contributed by atoms with Gasteiger partial charge < -0.3 is 28.4 Å². The first-order chi connectivity index (χ1) is 16.0. The molecule has 3 atom stereocenters. The molecule has 0 heterocycles. The van der Waals surface area contributed by atoms with E-state index >= 15 is 0 Å². The standard InChI is InChI=1S/C24H42O9/c1-4-7-10-15-28-22(25)31-19-13-14-20(32-23(26)29-16-11-8-5-2)21(18-19)33-24(27)30-17-12-9-6-3/h19-21H,4-18H2,1-3H3. The lowest BCUT2D eigenvalue weighted by Gasteiger charge is -2.33. The van der Waals surface area contributed by atoms with Gasteiger partial charge in [0.05, 0.1) is 19.8 Å². The minimum absolute atomic E-state index is 0.182. The SMILES string of the molecule is CCCCCOC(=O)OC1CCC(OC(=O)OCCCCC)C(OC(=O)OCCCCC)C1. The number of unbranched alkanes of at least 4 members (excludes halogenated alkanes) is 6. The van der Waals surface area contributed by atoms with Crippen LogP contribution in [0.4, 0.5) is 14.4 Å². The number of rotatable bonds is 15. The molecule has 0 aliphatic heterocycles. The van der Waals surface area contributed by atoms with Gasteiger partial charge >= 0.3 is 18.5 Å². The molecule has 33 heavy (non-hydrogen) atoms.